The molecule has 0 aliphatic carbocycles. The third-order valence-electron chi connectivity index (χ3n) is 5.02. The summed E-state index contributed by atoms with van der Waals surface area (Å²) in [5, 5.41) is 4.07. The zero-order chi connectivity index (χ0) is 19.7. The molecule has 1 aromatic heterocycles. The van der Waals surface area contributed by atoms with E-state index in [1.165, 1.54) is 16.7 Å². The van der Waals surface area contributed by atoms with Crippen molar-refractivity contribution in [3.8, 4) is 11.1 Å². The molecule has 28 heavy (non-hydrogen) atoms. The second kappa shape index (κ2) is 8.05. The van der Waals surface area contributed by atoms with Crippen LogP contribution in [0.25, 0.3) is 22.0 Å². The molecule has 0 spiro atoms. The Balaban J connectivity index is 1.69. The van der Waals surface area contributed by atoms with Crippen LogP contribution < -0.4 is 5.32 Å². The summed E-state index contributed by atoms with van der Waals surface area (Å²) in [5.41, 5.74) is 2.33. The lowest BCUT2D eigenvalue weighted by Gasteiger charge is -2.27. The Bertz CT molecular complexity index is 997. The SMILES string of the molecule is CCC(=O)n1cc(-c2ccc([S+]([O-])N3CCNCC3)cc2)c2ccc(F)cc21. The minimum atomic E-state index is -1.18. The van der Waals surface area contributed by atoms with E-state index in [1.54, 1.807) is 19.2 Å². The highest BCUT2D eigenvalue weighted by atomic mass is 32.2. The smallest absolute Gasteiger partial charge is 0.230 e. The number of benzene rings is 2. The second-order valence-corrected chi connectivity index (χ2v) is 8.26. The van der Waals surface area contributed by atoms with E-state index in [2.05, 4.69) is 5.32 Å². The summed E-state index contributed by atoms with van der Waals surface area (Å²) in [6.45, 7) is 4.98. The van der Waals surface area contributed by atoms with Crippen molar-refractivity contribution in [1.29, 1.82) is 0 Å². The van der Waals surface area contributed by atoms with Crippen LogP contribution in [0.5, 0.6) is 0 Å². The van der Waals surface area contributed by atoms with Crippen LogP contribution in [0.4, 0.5) is 4.39 Å². The Labute approximate surface area is 166 Å². The van der Waals surface area contributed by atoms with E-state index in [-0.39, 0.29) is 11.7 Å². The van der Waals surface area contributed by atoms with E-state index >= 15 is 0 Å². The molecule has 1 N–H and O–H groups in total. The van der Waals surface area contributed by atoms with Gasteiger partial charge in [0.15, 0.2) is 4.90 Å². The van der Waals surface area contributed by atoms with Gasteiger partial charge in [0, 0.05) is 36.7 Å². The maximum absolute atomic E-state index is 13.7. The van der Waals surface area contributed by atoms with Crippen LogP contribution in [0.1, 0.15) is 18.1 Å². The van der Waals surface area contributed by atoms with Crippen molar-refractivity contribution in [1.82, 2.24) is 14.2 Å². The van der Waals surface area contributed by atoms with E-state index in [0.29, 0.717) is 11.9 Å². The Morgan fingerprint density at radius 1 is 1.18 bits per heavy atom. The molecular weight excluding hydrogens is 377 g/mol. The third kappa shape index (κ3) is 3.58. The number of fused-ring (bicyclic) bond motifs is 1. The fourth-order valence-corrected chi connectivity index (χ4v) is 4.70. The van der Waals surface area contributed by atoms with E-state index < -0.39 is 11.4 Å². The number of nitrogens with one attached hydrogen (secondary N) is 1. The number of aromatic nitrogens is 1. The minimum Gasteiger partial charge on any atom is -0.593 e. The summed E-state index contributed by atoms with van der Waals surface area (Å²) >= 11 is -1.18. The van der Waals surface area contributed by atoms with Crippen LogP contribution in [0, 0.1) is 5.82 Å². The molecular formula is C21H22FN3O2S. The number of hydrogen-bond donors (Lipinski definition) is 1. The molecule has 0 saturated carbocycles. The molecule has 1 unspecified atom stereocenters. The number of rotatable bonds is 4. The second-order valence-electron chi connectivity index (χ2n) is 6.77. The summed E-state index contributed by atoms with van der Waals surface area (Å²) in [5.74, 6) is -0.456. The summed E-state index contributed by atoms with van der Waals surface area (Å²) in [4.78, 5) is 13.0. The summed E-state index contributed by atoms with van der Waals surface area (Å²) in [6, 6.07) is 12.0. The number of carbonyl (C=O) groups is 1. The molecule has 1 atom stereocenters. The van der Waals surface area contributed by atoms with Crippen LogP contribution in [-0.2, 0) is 11.4 Å². The monoisotopic (exact) mass is 399 g/mol. The van der Waals surface area contributed by atoms with Crippen LogP contribution in [-0.4, -0.2) is 45.5 Å². The van der Waals surface area contributed by atoms with Gasteiger partial charge >= 0.3 is 0 Å². The lowest BCUT2D eigenvalue weighted by atomic mass is 10.1. The van der Waals surface area contributed by atoms with Gasteiger partial charge in [-0.2, -0.15) is 0 Å². The van der Waals surface area contributed by atoms with Crippen LogP contribution in [0.2, 0.25) is 0 Å². The Morgan fingerprint density at radius 2 is 1.89 bits per heavy atom. The zero-order valence-corrected chi connectivity index (χ0v) is 16.5. The molecule has 1 fully saturated rings. The third-order valence-corrected chi connectivity index (χ3v) is 6.53. The van der Waals surface area contributed by atoms with E-state index in [9.17, 15) is 13.7 Å². The molecule has 4 rings (SSSR count). The number of carbonyl (C=O) groups excluding carboxylic acids is 1. The maximum atomic E-state index is 13.7. The molecule has 1 saturated heterocycles. The summed E-state index contributed by atoms with van der Waals surface area (Å²) < 4.78 is 30.0. The van der Waals surface area contributed by atoms with Gasteiger partial charge in [0.05, 0.1) is 30.0 Å². The highest BCUT2D eigenvalue weighted by molar-refractivity contribution is 7.89. The van der Waals surface area contributed by atoms with Gasteiger partial charge in [-0.05, 0) is 48.0 Å². The van der Waals surface area contributed by atoms with Gasteiger partial charge in [-0.15, -0.1) is 4.31 Å². The van der Waals surface area contributed by atoms with Crippen molar-refractivity contribution in [2.24, 2.45) is 0 Å². The van der Waals surface area contributed by atoms with Gasteiger partial charge in [-0.1, -0.05) is 6.92 Å². The molecule has 5 nitrogen and oxygen atoms in total. The lowest BCUT2D eigenvalue weighted by Crippen LogP contribution is -2.46. The highest BCUT2D eigenvalue weighted by Crippen LogP contribution is 2.32. The first-order valence-corrected chi connectivity index (χ1v) is 10.5. The maximum Gasteiger partial charge on any atom is 0.230 e. The molecule has 0 bridgehead atoms. The molecule has 0 radical (unpaired) electrons. The van der Waals surface area contributed by atoms with Crippen molar-refractivity contribution >= 4 is 28.2 Å². The predicted octanol–water partition coefficient (Wildman–Crippen LogP) is 3.43. The zero-order valence-electron chi connectivity index (χ0n) is 15.7. The topological polar surface area (TPSA) is 60.3 Å². The van der Waals surface area contributed by atoms with Gasteiger partial charge < -0.3 is 9.87 Å². The number of hydrogen-bond acceptors (Lipinski definition) is 4. The molecule has 2 heterocycles. The quantitative estimate of drug-likeness (QED) is 0.683. The van der Waals surface area contributed by atoms with Crippen molar-refractivity contribution in [3.05, 3.63) is 54.5 Å². The van der Waals surface area contributed by atoms with E-state index in [4.69, 9.17) is 0 Å². The van der Waals surface area contributed by atoms with Gasteiger partial charge in [-0.25, -0.2) is 4.39 Å². The summed E-state index contributed by atoms with van der Waals surface area (Å²) in [6.07, 6.45) is 2.10. The predicted molar refractivity (Wildman–Crippen MR) is 109 cm³/mol. The average molecular weight is 399 g/mol. The lowest BCUT2D eigenvalue weighted by molar-refractivity contribution is 0.0914. The van der Waals surface area contributed by atoms with Crippen LogP contribution in [0.3, 0.4) is 0 Å². The Morgan fingerprint density at radius 3 is 2.57 bits per heavy atom. The van der Waals surface area contributed by atoms with Crippen LogP contribution in [0.15, 0.2) is 53.6 Å². The first-order valence-electron chi connectivity index (χ1n) is 9.40. The largest absolute Gasteiger partial charge is 0.593 e. The number of halogens is 1. The first kappa shape index (κ1) is 19.1. The molecule has 0 amide bonds. The molecule has 146 valence electrons. The van der Waals surface area contributed by atoms with E-state index in [0.717, 1.165) is 47.6 Å². The van der Waals surface area contributed by atoms with Crippen LogP contribution >= 0.6 is 0 Å². The Hall–Kier alpha value is -2.19. The molecule has 2 aromatic carbocycles. The van der Waals surface area contributed by atoms with Gasteiger partial charge in [0.1, 0.15) is 5.82 Å². The van der Waals surface area contributed by atoms with Gasteiger partial charge in [0.25, 0.3) is 0 Å². The summed E-state index contributed by atoms with van der Waals surface area (Å²) in [7, 11) is 0. The minimum absolute atomic E-state index is 0.0849. The van der Waals surface area contributed by atoms with Crippen molar-refractivity contribution in [3.63, 3.8) is 0 Å². The molecule has 7 heteroatoms. The number of piperazine rings is 1. The van der Waals surface area contributed by atoms with Gasteiger partial charge in [0.2, 0.25) is 5.91 Å². The average Bonchev–Trinajstić information content (AvgIpc) is 3.12. The Kier molecular flexibility index (Phi) is 5.50. The fraction of sp³-hybridized carbons (Fsp3) is 0.286. The van der Waals surface area contributed by atoms with Gasteiger partial charge in [-0.3, -0.25) is 9.36 Å². The van der Waals surface area contributed by atoms with Crippen molar-refractivity contribution in [2.75, 3.05) is 26.2 Å². The number of nitrogens with zero attached hydrogens (tertiary/aromatic N) is 2. The molecule has 1 aliphatic rings. The molecule has 3 aromatic rings. The standard InChI is InChI=1S/C21H22FN3O2S/c1-2-21(26)25-14-19(18-8-5-16(22)13-20(18)25)15-3-6-17(7-4-15)28(27)24-11-9-23-10-12-24/h3-8,13-14,23H,2,9-12H2,1H3. The normalized spacial score (nSPS) is 16.4. The van der Waals surface area contributed by atoms with E-state index in [1.807, 2.05) is 28.6 Å². The fourth-order valence-electron chi connectivity index (χ4n) is 3.52. The highest BCUT2D eigenvalue weighted by Gasteiger charge is 2.24. The van der Waals surface area contributed by atoms with Crippen molar-refractivity contribution < 1.29 is 13.7 Å². The van der Waals surface area contributed by atoms with Crippen molar-refractivity contribution in [2.45, 2.75) is 18.2 Å². The molecule has 1 aliphatic heterocycles. The first-order chi connectivity index (χ1) is 13.6.